The van der Waals surface area contributed by atoms with Crippen molar-refractivity contribution in [2.24, 2.45) is 11.8 Å². The molecule has 0 spiro atoms. The first kappa shape index (κ1) is 14.9. The van der Waals surface area contributed by atoms with Crippen LogP contribution in [0.4, 0.5) is 0 Å². The average Bonchev–Trinajstić information content (AvgIpc) is 2.22. The Morgan fingerprint density at radius 2 is 1.75 bits per heavy atom. The molecule has 0 aromatic carbocycles. The topological polar surface area (TPSA) is 83.8 Å². The Balaban J connectivity index is 4.46. The highest BCUT2D eigenvalue weighted by molar-refractivity contribution is 5.80. The molecule has 0 aromatic rings. The Morgan fingerprint density at radius 1 is 1.25 bits per heavy atom. The van der Waals surface area contributed by atoms with Gasteiger partial charge in [-0.15, -0.1) is 0 Å². The number of hydrogen-bond acceptors (Lipinski definition) is 4. The normalized spacial score (nSPS) is 16.6. The van der Waals surface area contributed by atoms with Crippen molar-refractivity contribution in [2.75, 3.05) is 0 Å². The zero-order valence-electron chi connectivity index (χ0n) is 10.1. The Kier molecular flexibility index (Phi) is 6.03. The maximum atomic E-state index is 11.4. The molecule has 2 N–H and O–H groups in total. The molecule has 94 valence electrons. The van der Waals surface area contributed by atoms with E-state index in [0.717, 1.165) is 0 Å². The minimum absolute atomic E-state index is 0.242. The van der Waals surface area contributed by atoms with E-state index in [9.17, 15) is 14.7 Å². The zero-order chi connectivity index (χ0) is 12.9. The number of carbonyl (C=O) groups excluding carboxylic acids is 1. The van der Waals surface area contributed by atoms with E-state index in [1.807, 2.05) is 6.92 Å². The molecule has 0 saturated carbocycles. The number of carbonyl (C=O) groups is 2. The Hall–Kier alpha value is -1.10. The van der Waals surface area contributed by atoms with Gasteiger partial charge in [0.05, 0.1) is 0 Å². The van der Waals surface area contributed by atoms with Gasteiger partial charge < -0.3 is 14.9 Å². The lowest BCUT2D eigenvalue weighted by Gasteiger charge is -2.21. The highest BCUT2D eigenvalue weighted by Crippen LogP contribution is 2.13. The van der Waals surface area contributed by atoms with Gasteiger partial charge in [-0.05, 0) is 5.92 Å². The van der Waals surface area contributed by atoms with Crippen molar-refractivity contribution in [3.8, 4) is 0 Å². The van der Waals surface area contributed by atoms with Crippen LogP contribution in [0.1, 0.15) is 34.1 Å². The molecule has 0 radical (unpaired) electrons. The van der Waals surface area contributed by atoms with Gasteiger partial charge in [0.1, 0.15) is 0 Å². The Morgan fingerprint density at radius 3 is 2.06 bits per heavy atom. The molecule has 16 heavy (non-hydrogen) atoms. The minimum Gasteiger partial charge on any atom is -0.478 e. The van der Waals surface area contributed by atoms with Crippen molar-refractivity contribution in [3.05, 3.63) is 0 Å². The molecule has 5 heteroatoms. The van der Waals surface area contributed by atoms with Crippen LogP contribution in [0.15, 0.2) is 0 Å². The summed E-state index contributed by atoms with van der Waals surface area (Å²) in [5.41, 5.74) is 0. The van der Waals surface area contributed by atoms with Gasteiger partial charge in [-0.3, -0.25) is 0 Å². The fraction of sp³-hybridized carbons (Fsp3) is 0.818. The summed E-state index contributed by atoms with van der Waals surface area (Å²) in [6.07, 6.45) is -1.84. The second-order valence-electron chi connectivity index (χ2n) is 4.27. The molecule has 0 bridgehead atoms. The molecule has 3 unspecified atom stereocenters. The van der Waals surface area contributed by atoms with Crippen molar-refractivity contribution >= 4 is 11.9 Å². The second kappa shape index (κ2) is 6.48. The number of esters is 1. The number of hydrogen-bond donors (Lipinski definition) is 2. The van der Waals surface area contributed by atoms with Gasteiger partial charge in [-0.2, -0.15) is 0 Å². The van der Waals surface area contributed by atoms with Gasteiger partial charge >= 0.3 is 11.9 Å². The van der Waals surface area contributed by atoms with E-state index < -0.39 is 24.1 Å². The SMILES string of the molecule is CCC(C)C(O)C(=O)OC(C(=O)O)C(C)C. The molecule has 0 aliphatic heterocycles. The number of carboxylic acid groups (broad SMARTS) is 1. The van der Waals surface area contributed by atoms with E-state index >= 15 is 0 Å². The van der Waals surface area contributed by atoms with Crippen LogP contribution in [0.25, 0.3) is 0 Å². The molecule has 0 aliphatic rings. The maximum absolute atomic E-state index is 11.4. The van der Waals surface area contributed by atoms with E-state index in [4.69, 9.17) is 9.84 Å². The highest BCUT2D eigenvalue weighted by Gasteiger charge is 2.30. The maximum Gasteiger partial charge on any atom is 0.345 e. The molecular formula is C11H20O5. The fourth-order valence-electron chi connectivity index (χ4n) is 1.12. The highest BCUT2D eigenvalue weighted by atomic mass is 16.6. The van der Waals surface area contributed by atoms with Gasteiger partial charge in [-0.1, -0.05) is 34.1 Å². The molecule has 0 aliphatic carbocycles. The van der Waals surface area contributed by atoms with Crippen LogP contribution in [0.5, 0.6) is 0 Å². The van der Waals surface area contributed by atoms with Crippen molar-refractivity contribution in [3.63, 3.8) is 0 Å². The minimum atomic E-state index is -1.26. The van der Waals surface area contributed by atoms with E-state index in [1.54, 1.807) is 20.8 Å². The molecule has 0 heterocycles. The van der Waals surface area contributed by atoms with Gasteiger partial charge in [0.15, 0.2) is 6.10 Å². The van der Waals surface area contributed by atoms with Crippen molar-refractivity contribution in [1.82, 2.24) is 0 Å². The Labute approximate surface area is 95.4 Å². The van der Waals surface area contributed by atoms with Crippen LogP contribution in [0, 0.1) is 11.8 Å². The number of ether oxygens (including phenoxy) is 1. The summed E-state index contributed by atoms with van der Waals surface area (Å²) in [5.74, 6) is -2.63. The zero-order valence-corrected chi connectivity index (χ0v) is 10.1. The third-order valence-corrected chi connectivity index (χ3v) is 2.52. The number of rotatable bonds is 6. The Bertz CT molecular complexity index is 249. The number of carboxylic acids is 1. The first-order valence-corrected chi connectivity index (χ1v) is 5.42. The second-order valence-corrected chi connectivity index (χ2v) is 4.27. The average molecular weight is 232 g/mol. The monoisotopic (exact) mass is 232 g/mol. The summed E-state index contributed by atoms with van der Waals surface area (Å²) >= 11 is 0. The van der Waals surface area contributed by atoms with E-state index in [-0.39, 0.29) is 11.8 Å². The van der Waals surface area contributed by atoms with E-state index in [2.05, 4.69) is 0 Å². The van der Waals surface area contributed by atoms with Crippen LogP contribution in [0.2, 0.25) is 0 Å². The lowest BCUT2D eigenvalue weighted by molar-refractivity contribution is -0.175. The van der Waals surface area contributed by atoms with Gasteiger partial charge in [0.2, 0.25) is 6.10 Å². The van der Waals surface area contributed by atoms with Crippen molar-refractivity contribution in [2.45, 2.75) is 46.3 Å². The number of aliphatic carboxylic acids is 1. The number of aliphatic hydroxyl groups is 1. The number of aliphatic hydroxyl groups excluding tert-OH is 1. The quantitative estimate of drug-likeness (QED) is 0.669. The predicted octanol–water partition coefficient (Wildman–Crippen LogP) is 1.05. The van der Waals surface area contributed by atoms with Crippen LogP contribution < -0.4 is 0 Å². The first-order chi connectivity index (χ1) is 7.31. The molecule has 0 fully saturated rings. The summed E-state index contributed by atoms with van der Waals surface area (Å²) in [6, 6.07) is 0. The molecule has 3 atom stereocenters. The third-order valence-electron chi connectivity index (χ3n) is 2.52. The van der Waals surface area contributed by atoms with E-state index in [1.165, 1.54) is 0 Å². The third kappa shape index (κ3) is 4.18. The van der Waals surface area contributed by atoms with Crippen LogP contribution >= 0.6 is 0 Å². The smallest absolute Gasteiger partial charge is 0.345 e. The molecule has 0 amide bonds. The largest absolute Gasteiger partial charge is 0.478 e. The molecular weight excluding hydrogens is 212 g/mol. The fourth-order valence-corrected chi connectivity index (χ4v) is 1.12. The molecule has 5 nitrogen and oxygen atoms in total. The summed E-state index contributed by atoms with van der Waals surface area (Å²) in [6.45, 7) is 6.82. The van der Waals surface area contributed by atoms with Crippen LogP contribution in [-0.2, 0) is 14.3 Å². The van der Waals surface area contributed by atoms with Crippen molar-refractivity contribution < 1.29 is 24.5 Å². The molecule has 0 aromatic heterocycles. The predicted molar refractivity (Wildman–Crippen MR) is 57.8 cm³/mol. The van der Waals surface area contributed by atoms with Crippen LogP contribution in [-0.4, -0.2) is 34.4 Å². The first-order valence-electron chi connectivity index (χ1n) is 5.42. The summed E-state index contributed by atoms with van der Waals surface area (Å²) in [4.78, 5) is 22.2. The van der Waals surface area contributed by atoms with Crippen LogP contribution in [0.3, 0.4) is 0 Å². The lowest BCUT2D eigenvalue weighted by Crippen LogP contribution is -2.38. The van der Waals surface area contributed by atoms with E-state index in [0.29, 0.717) is 6.42 Å². The lowest BCUT2D eigenvalue weighted by atomic mass is 10.0. The van der Waals surface area contributed by atoms with Gasteiger partial charge in [-0.25, -0.2) is 9.59 Å². The summed E-state index contributed by atoms with van der Waals surface area (Å²) in [5, 5.41) is 18.3. The summed E-state index contributed by atoms with van der Waals surface area (Å²) < 4.78 is 4.77. The van der Waals surface area contributed by atoms with Crippen molar-refractivity contribution in [1.29, 1.82) is 0 Å². The molecule has 0 rings (SSSR count). The van der Waals surface area contributed by atoms with Gasteiger partial charge in [0, 0.05) is 5.92 Å². The summed E-state index contributed by atoms with van der Waals surface area (Å²) in [7, 11) is 0. The van der Waals surface area contributed by atoms with Gasteiger partial charge in [0.25, 0.3) is 0 Å². The molecule has 0 saturated heterocycles. The standard InChI is InChI=1S/C11H20O5/c1-5-7(4)8(12)11(15)16-9(6(2)3)10(13)14/h6-9,12H,5H2,1-4H3,(H,13,14).